The molecular weight excluding hydrogens is 438 g/mol. The van der Waals surface area contributed by atoms with E-state index in [0.29, 0.717) is 30.5 Å². The topological polar surface area (TPSA) is 128 Å². The minimum atomic E-state index is -1.26. The maximum atomic E-state index is 13.7. The number of alkyl carbamates (subject to hydrolysis) is 1. The first-order valence-electron chi connectivity index (χ1n) is 12.0. The van der Waals surface area contributed by atoms with E-state index < -0.39 is 36.3 Å². The number of phenols is 1. The molecule has 0 heterocycles. The van der Waals surface area contributed by atoms with E-state index in [1.54, 1.807) is 39.8 Å². The number of rotatable bonds is 10. The van der Waals surface area contributed by atoms with Crippen molar-refractivity contribution in [1.82, 2.24) is 15.5 Å². The highest BCUT2D eigenvalue weighted by atomic mass is 16.6. The van der Waals surface area contributed by atoms with Crippen LogP contribution in [0.3, 0.4) is 0 Å². The molecule has 0 aromatic heterocycles. The third kappa shape index (κ3) is 7.35. The number of phenolic OH excluding ortho intramolecular Hbond substituents is 1. The number of hydrogen-bond donors (Lipinski definition) is 4. The van der Waals surface area contributed by atoms with Crippen LogP contribution in [0.4, 0.5) is 4.79 Å². The van der Waals surface area contributed by atoms with Gasteiger partial charge < -0.3 is 30.5 Å². The second kappa shape index (κ2) is 12.1. The smallest absolute Gasteiger partial charge is 0.408 e. The van der Waals surface area contributed by atoms with Gasteiger partial charge in [0, 0.05) is 12.6 Å². The Hall–Kier alpha value is -2.81. The highest BCUT2D eigenvalue weighted by molar-refractivity contribution is 5.92. The van der Waals surface area contributed by atoms with Crippen LogP contribution in [0, 0.1) is 6.92 Å². The first-order chi connectivity index (χ1) is 16.0. The summed E-state index contributed by atoms with van der Waals surface area (Å²) in [4.78, 5) is 40.9. The molecule has 1 aliphatic rings. The van der Waals surface area contributed by atoms with Crippen LogP contribution in [0.1, 0.15) is 77.0 Å². The second-order valence-electron chi connectivity index (χ2n) is 9.80. The molecule has 2 unspecified atom stereocenters. The van der Waals surface area contributed by atoms with Crippen molar-refractivity contribution in [1.29, 1.82) is 0 Å². The molecule has 1 fully saturated rings. The highest BCUT2D eigenvalue weighted by Gasteiger charge is 2.41. The fourth-order valence-electron chi connectivity index (χ4n) is 3.77. The maximum Gasteiger partial charge on any atom is 0.408 e. The molecule has 1 saturated carbocycles. The number of aliphatic hydroxyl groups excluding tert-OH is 1. The largest absolute Gasteiger partial charge is 0.508 e. The zero-order valence-electron chi connectivity index (χ0n) is 20.9. The van der Waals surface area contributed by atoms with Gasteiger partial charge in [-0.25, -0.2) is 4.79 Å². The Kier molecular flexibility index (Phi) is 9.73. The molecule has 9 heteroatoms. The van der Waals surface area contributed by atoms with Gasteiger partial charge in [-0.3, -0.25) is 9.59 Å². The molecule has 0 radical (unpaired) electrons. The molecule has 1 aromatic rings. The summed E-state index contributed by atoms with van der Waals surface area (Å²) < 4.78 is 5.25. The minimum absolute atomic E-state index is 0.0928. The van der Waals surface area contributed by atoms with Crippen molar-refractivity contribution in [2.45, 2.75) is 90.4 Å². The third-order valence-corrected chi connectivity index (χ3v) is 5.79. The van der Waals surface area contributed by atoms with Gasteiger partial charge in [-0.05, 0) is 76.6 Å². The molecule has 0 bridgehead atoms. The van der Waals surface area contributed by atoms with Gasteiger partial charge in [0.25, 0.3) is 0 Å². The average Bonchev–Trinajstić information content (AvgIpc) is 2.71. The van der Waals surface area contributed by atoms with Gasteiger partial charge in [-0.2, -0.15) is 0 Å². The van der Waals surface area contributed by atoms with Gasteiger partial charge in [0.2, 0.25) is 11.8 Å². The molecule has 34 heavy (non-hydrogen) atoms. The molecule has 1 aromatic carbocycles. The lowest BCUT2D eigenvalue weighted by Crippen LogP contribution is -2.58. The predicted octanol–water partition coefficient (Wildman–Crippen LogP) is 2.92. The summed E-state index contributed by atoms with van der Waals surface area (Å²) in [5.41, 5.74) is 0.362. The number of amides is 3. The summed E-state index contributed by atoms with van der Waals surface area (Å²) in [6.45, 7) is 8.67. The van der Waals surface area contributed by atoms with Crippen LogP contribution >= 0.6 is 0 Å². The lowest BCUT2D eigenvalue weighted by molar-refractivity contribution is -0.148. The fourth-order valence-corrected chi connectivity index (χ4v) is 3.77. The molecule has 0 aliphatic heterocycles. The molecule has 2 atom stereocenters. The molecule has 4 N–H and O–H groups in total. The normalized spacial score (nSPS) is 15.6. The SMILES string of the molecule is CCCCNC(=O)C(c1ccc(O)c(C)c1)N(C(=O)C(CO)NC(=O)OC(C)(C)C)C1CCC1. The molecule has 3 amide bonds. The van der Waals surface area contributed by atoms with E-state index in [9.17, 15) is 24.6 Å². The molecule has 0 spiro atoms. The van der Waals surface area contributed by atoms with Gasteiger partial charge in [0.1, 0.15) is 23.4 Å². The summed E-state index contributed by atoms with van der Waals surface area (Å²) in [7, 11) is 0. The highest BCUT2D eigenvalue weighted by Crippen LogP contribution is 2.35. The van der Waals surface area contributed by atoms with Crippen LogP contribution in [0.2, 0.25) is 0 Å². The zero-order chi connectivity index (χ0) is 25.5. The Balaban J connectivity index is 2.41. The van der Waals surface area contributed by atoms with Gasteiger partial charge in [0.05, 0.1) is 6.61 Å². The van der Waals surface area contributed by atoms with Crippen molar-refractivity contribution < 1.29 is 29.3 Å². The summed E-state index contributed by atoms with van der Waals surface area (Å²) in [5.74, 6) is -0.803. The van der Waals surface area contributed by atoms with Crippen LogP contribution in [0.5, 0.6) is 5.75 Å². The number of nitrogens with zero attached hydrogens (tertiary/aromatic N) is 1. The number of benzene rings is 1. The van der Waals surface area contributed by atoms with Crippen LogP contribution < -0.4 is 10.6 Å². The van der Waals surface area contributed by atoms with Crippen LogP contribution in [-0.2, 0) is 14.3 Å². The van der Waals surface area contributed by atoms with E-state index >= 15 is 0 Å². The standard InChI is InChI=1S/C25H39N3O6/c1-6-7-13-26-22(31)21(17-11-12-20(30)16(2)14-17)28(18-9-8-10-18)23(32)19(15-29)27-24(33)34-25(3,4)5/h11-12,14,18-19,21,29-30H,6-10,13,15H2,1-5H3,(H,26,31)(H,27,33). The van der Waals surface area contributed by atoms with E-state index in [1.807, 2.05) is 6.92 Å². The van der Waals surface area contributed by atoms with E-state index in [2.05, 4.69) is 10.6 Å². The lowest BCUT2D eigenvalue weighted by Gasteiger charge is -2.43. The van der Waals surface area contributed by atoms with E-state index in [4.69, 9.17) is 4.74 Å². The molecule has 1 aliphatic carbocycles. The number of nitrogens with one attached hydrogen (secondary N) is 2. The number of aryl methyl sites for hydroxylation is 1. The Bertz CT molecular complexity index is 863. The number of carbonyl (C=O) groups is 3. The maximum absolute atomic E-state index is 13.7. The van der Waals surface area contributed by atoms with Gasteiger partial charge in [-0.1, -0.05) is 19.4 Å². The van der Waals surface area contributed by atoms with Crippen LogP contribution in [0.15, 0.2) is 18.2 Å². The van der Waals surface area contributed by atoms with E-state index in [0.717, 1.165) is 19.3 Å². The van der Waals surface area contributed by atoms with Gasteiger partial charge in [-0.15, -0.1) is 0 Å². The zero-order valence-corrected chi connectivity index (χ0v) is 20.9. The third-order valence-electron chi connectivity index (χ3n) is 5.79. The van der Waals surface area contributed by atoms with E-state index in [-0.39, 0.29) is 17.7 Å². The van der Waals surface area contributed by atoms with Crippen molar-refractivity contribution in [3.63, 3.8) is 0 Å². The minimum Gasteiger partial charge on any atom is -0.508 e. The Morgan fingerprint density at radius 3 is 2.41 bits per heavy atom. The molecule has 0 saturated heterocycles. The number of aliphatic hydroxyl groups is 1. The average molecular weight is 478 g/mol. The number of carbonyl (C=O) groups excluding carboxylic acids is 3. The first kappa shape index (κ1) is 27.4. The van der Waals surface area contributed by atoms with Crippen molar-refractivity contribution >= 4 is 17.9 Å². The molecule has 2 rings (SSSR count). The van der Waals surface area contributed by atoms with Crippen LogP contribution in [0.25, 0.3) is 0 Å². The summed E-state index contributed by atoms with van der Waals surface area (Å²) in [5, 5.41) is 25.3. The Labute approximate surface area is 201 Å². The number of ether oxygens (including phenoxy) is 1. The number of aromatic hydroxyl groups is 1. The Morgan fingerprint density at radius 1 is 1.24 bits per heavy atom. The second-order valence-corrected chi connectivity index (χ2v) is 9.80. The van der Waals surface area contributed by atoms with Crippen molar-refractivity contribution in [2.24, 2.45) is 0 Å². The lowest BCUT2D eigenvalue weighted by atomic mass is 9.88. The van der Waals surface area contributed by atoms with Crippen molar-refractivity contribution in [3.05, 3.63) is 29.3 Å². The predicted molar refractivity (Wildman–Crippen MR) is 128 cm³/mol. The quantitative estimate of drug-likeness (QED) is 0.384. The molecule has 190 valence electrons. The van der Waals surface area contributed by atoms with Gasteiger partial charge >= 0.3 is 6.09 Å². The summed E-state index contributed by atoms with van der Waals surface area (Å²) in [6, 6.07) is 2.37. The molecular formula is C25H39N3O6. The van der Waals surface area contributed by atoms with Crippen LogP contribution in [-0.4, -0.2) is 63.9 Å². The Morgan fingerprint density at radius 2 is 1.91 bits per heavy atom. The van der Waals surface area contributed by atoms with E-state index in [1.165, 1.54) is 11.0 Å². The van der Waals surface area contributed by atoms with Crippen molar-refractivity contribution in [2.75, 3.05) is 13.2 Å². The fraction of sp³-hybridized carbons (Fsp3) is 0.640. The number of unbranched alkanes of at least 4 members (excludes halogenated alkanes) is 1. The van der Waals surface area contributed by atoms with Gasteiger partial charge in [0.15, 0.2) is 0 Å². The summed E-state index contributed by atoms with van der Waals surface area (Å²) >= 11 is 0. The molecule has 9 nitrogen and oxygen atoms in total. The summed E-state index contributed by atoms with van der Waals surface area (Å²) in [6.07, 6.45) is 3.22. The monoisotopic (exact) mass is 477 g/mol. The van der Waals surface area contributed by atoms with Crippen molar-refractivity contribution in [3.8, 4) is 5.75 Å². The number of hydrogen-bond acceptors (Lipinski definition) is 6. The first-order valence-corrected chi connectivity index (χ1v) is 12.0.